The Balaban J connectivity index is 0.000000211. The highest BCUT2D eigenvalue weighted by Gasteiger charge is 2.01. The third kappa shape index (κ3) is 8.08. The van der Waals surface area contributed by atoms with Crippen molar-refractivity contribution in [2.75, 3.05) is 0 Å². The molecule has 7 heteroatoms. The van der Waals surface area contributed by atoms with E-state index in [0.717, 1.165) is 0 Å². The Morgan fingerprint density at radius 3 is 1.67 bits per heavy atom. The fraction of sp³-hybridized carbons (Fsp3) is 0.200. The molecule has 12 heavy (non-hydrogen) atoms. The molecule has 0 unspecified atom stereocenters. The van der Waals surface area contributed by atoms with E-state index < -0.39 is 18.4 Å². The first-order valence-electron chi connectivity index (χ1n) is 2.86. The number of carbonyl (C=O) groups is 2. The van der Waals surface area contributed by atoms with Crippen LogP contribution in [0, 0.1) is 0 Å². The summed E-state index contributed by atoms with van der Waals surface area (Å²) in [6.07, 6.45) is 2.36. The second kappa shape index (κ2) is 5.83. The molecule has 1 heterocycles. The van der Waals surface area contributed by atoms with Crippen LogP contribution in [0.1, 0.15) is 6.42 Å². The zero-order valence-corrected chi connectivity index (χ0v) is 5.97. The molecule has 0 saturated carbocycles. The van der Waals surface area contributed by atoms with E-state index in [4.69, 9.17) is 10.2 Å². The summed E-state index contributed by atoms with van der Waals surface area (Å²) in [4.78, 5) is 18.9. The van der Waals surface area contributed by atoms with E-state index in [2.05, 4.69) is 15.4 Å². The second-order valence-corrected chi connectivity index (χ2v) is 1.62. The molecule has 0 aliphatic carbocycles. The van der Waals surface area contributed by atoms with Gasteiger partial charge >= 0.3 is 11.9 Å². The van der Waals surface area contributed by atoms with Gasteiger partial charge in [0, 0.05) is 0 Å². The van der Waals surface area contributed by atoms with Crippen molar-refractivity contribution in [3.63, 3.8) is 0 Å². The summed E-state index contributed by atoms with van der Waals surface area (Å²) in [5, 5.41) is 24.7. The van der Waals surface area contributed by atoms with Crippen LogP contribution in [-0.4, -0.2) is 37.6 Å². The van der Waals surface area contributed by atoms with Gasteiger partial charge in [-0.2, -0.15) is 15.4 Å². The molecule has 0 atom stereocenters. The Morgan fingerprint density at radius 2 is 1.58 bits per heavy atom. The van der Waals surface area contributed by atoms with Crippen LogP contribution in [0.2, 0.25) is 0 Å². The number of nitrogens with zero attached hydrogens (tertiary/aromatic N) is 2. The monoisotopic (exact) mass is 173 g/mol. The molecule has 0 aromatic carbocycles. The van der Waals surface area contributed by atoms with Gasteiger partial charge in [-0.3, -0.25) is 9.59 Å². The van der Waals surface area contributed by atoms with Gasteiger partial charge in [-0.05, 0) is 0 Å². The minimum atomic E-state index is -1.31. The third-order valence-corrected chi connectivity index (χ3v) is 0.634. The number of hydrogen-bond acceptors (Lipinski definition) is 4. The van der Waals surface area contributed by atoms with Crippen LogP contribution >= 0.6 is 0 Å². The molecule has 0 amide bonds. The molecule has 0 saturated heterocycles. The number of carboxylic acid groups (broad SMARTS) is 2. The Morgan fingerprint density at radius 1 is 1.17 bits per heavy atom. The van der Waals surface area contributed by atoms with E-state index in [1.165, 1.54) is 0 Å². The summed E-state index contributed by atoms with van der Waals surface area (Å²) in [6, 6.07) is 0. The molecule has 0 aliphatic heterocycles. The average molecular weight is 173 g/mol. The van der Waals surface area contributed by atoms with Crippen LogP contribution in [0.25, 0.3) is 0 Å². The van der Waals surface area contributed by atoms with Crippen LogP contribution in [0.3, 0.4) is 0 Å². The Kier molecular flexibility index (Phi) is 4.90. The maximum Gasteiger partial charge on any atom is 0.314 e. The Labute approximate surface area is 67.0 Å². The van der Waals surface area contributed by atoms with E-state index in [9.17, 15) is 9.59 Å². The molecule has 1 rings (SSSR count). The first-order valence-corrected chi connectivity index (χ1v) is 2.86. The lowest BCUT2D eigenvalue weighted by Gasteiger charge is -1.80. The first-order chi connectivity index (χ1) is 5.63. The highest BCUT2D eigenvalue weighted by Crippen LogP contribution is 1.74. The zero-order chi connectivity index (χ0) is 9.40. The van der Waals surface area contributed by atoms with E-state index in [1.807, 2.05) is 0 Å². The van der Waals surface area contributed by atoms with Gasteiger partial charge in [0.1, 0.15) is 6.42 Å². The average Bonchev–Trinajstić information content (AvgIpc) is 2.36. The Hall–Kier alpha value is -1.92. The molecule has 1 aromatic heterocycles. The first kappa shape index (κ1) is 10.1. The summed E-state index contributed by atoms with van der Waals surface area (Å²) in [6.45, 7) is 0. The summed E-state index contributed by atoms with van der Waals surface area (Å²) < 4.78 is 0. The molecule has 0 fully saturated rings. The Bertz CT molecular complexity index is 204. The van der Waals surface area contributed by atoms with Crippen molar-refractivity contribution in [2.45, 2.75) is 6.42 Å². The van der Waals surface area contributed by atoms with Gasteiger partial charge in [0.25, 0.3) is 0 Å². The molecular weight excluding hydrogens is 166 g/mol. The highest BCUT2D eigenvalue weighted by molar-refractivity contribution is 5.88. The molecule has 3 N–H and O–H groups in total. The zero-order valence-electron chi connectivity index (χ0n) is 5.97. The van der Waals surface area contributed by atoms with Crippen LogP contribution in [-0.2, 0) is 9.59 Å². The van der Waals surface area contributed by atoms with Crippen molar-refractivity contribution in [2.24, 2.45) is 0 Å². The van der Waals surface area contributed by atoms with Crippen molar-refractivity contribution in [1.82, 2.24) is 15.4 Å². The van der Waals surface area contributed by atoms with Crippen LogP contribution in [0.5, 0.6) is 0 Å². The fourth-order valence-corrected chi connectivity index (χ4v) is 0.296. The topological polar surface area (TPSA) is 116 Å². The summed E-state index contributed by atoms with van der Waals surface area (Å²) in [5.74, 6) is -2.62. The second-order valence-electron chi connectivity index (χ2n) is 1.62. The maximum absolute atomic E-state index is 9.43. The SMILES string of the molecule is O=C(O)CC(=O)O.c1cn[nH]n1. The smallest absolute Gasteiger partial charge is 0.314 e. The molecule has 0 aliphatic rings. The van der Waals surface area contributed by atoms with E-state index in [-0.39, 0.29) is 0 Å². The largest absolute Gasteiger partial charge is 0.481 e. The fourth-order valence-electron chi connectivity index (χ4n) is 0.296. The molecule has 0 bridgehead atoms. The van der Waals surface area contributed by atoms with Gasteiger partial charge in [0.2, 0.25) is 0 Å². The molecule has 0 spiro atoms. The number of carboxylic acids is 2. The van der Waals surface area contributed by atoms with Crippen molar-refractivity contribution in [3.8, 4) is 0 Å². The predicted octanol–water partition coefficient (Wildman–Crippen LogP) is -0.650. The lowest BCUT2D eigenvalue weighted by molar-refractivity contribution is -0.147. The minimum absolute atomic E-state index is 0.806. The number of rotatable bonds is 2. The maximum atomic E-state index is 9.43. The third-order valence-electron chi connectivity index (χ3n) is 0.634. The van der Waals surface area contributed by atoms with Gasteiger partial charge in [0.05, 0.1) is 12.4 Å². The molecule has 7 nitrogen and oxygen atoms in total. The van der Waals surface area contributed by atoms with Crippen LogP contribution < -0.4 is 0 Å². The molecule has 0 radical (unpaired) electrons. The van der Waals surface area contributed by atoms with E-state index >= 15 is 0 Å². The van der Waals surface area contributed by atoms with Gasteiger partial charge < -0.3 is 10.2 Å². The number of aromatic nitrogens is 3. The summed E-state index contributed by atoms with van der Waals surface area (Å²) in [7, 11) is 0. The van der Waals surface area contributed by atoms with Gasteiger partial charge in [-0.15, -0.1) is 0 Å². The number of aromatic amines is 1. The summed E-state index contributed by atoms with van der Waals surface area (Å²) in [5.41, 5.74) is 0. The number of aliphatic carboxylic acids is 2. The van der Waals surface area contributed by atoms with Crippen molar-refractivity contribution in [3.05, 3.63) is 12.4 Å². The van der Waals surface area contributed by atoms with Crippen molar-refractivity contribution >= 4 is 11.9 Å². The normalized spacial score (nSPS) is 8.00. The van der Waals surface area contributed by atoms with Crippen LogP contribution in [0.15, 0.2) is 12.4 Å². The van der Waals surface area contributed by atoms with E-state index in [0.29, 0.717) is 0 Å². The summed E-state index contributed by atoms with van der Waals surface area (Å²) >= 11 is 0. The standard InChI is InChI=1S/C3H4O4.C2H3N3/c4-2(5)1-3(6)7;1-2-4-5-3-1/h1H2,(H,4,5)(H,6,7);1-2H,(H,3,4,5). The van der Waals surface area contributed by atoms with E-state index in [1.54, 1.807) is 12.4 Å². The van der Waals surface area contributed by atoms with Gasteiger partial charge in [-0.1, -0.05) is 0 Å². The number of hydrogen-bond donors (Lipinski definition) is 3. The number of H-pyrrole nitrogens is 1. The molecule has 66 valence electrons. The quantitative estimate of drug-likeness (QED) is 0.511. The highest BCUT2D eigenvalue weighted by atomic mass is 16.4. The van der Waals surface area contributed by atoms with Crippen LogP contribution in [0.4, 0.5) is 0 Å². The lowest BCUT2D eigenvalue weighted by Crippen LogP contribution is -2.03. The predicted molar refractivity (Wildman–Crippen MR) is 36.3 cm³/mol. The molecule has 1 aromatic rings. The van der Waals surface area contributed by atoms with Crippen molar-refractivity contribution < 1.29 is 19.8 Å². The van der Waals surface area contributed by atoms with Crippen molar-refractivity contribution in [1.29, 1.82) is 0 Å². The lowest BCUT2D eigenvalue weighted by atomic mass is 10.5. The van der Waals surface area contributed by atoms with Gasteiger partial charge in [-0.25, -0.2) is 0 Å². The van der Waals surface area contributed by atoms with Gasteiger partial charge in [0.15, 0.2) is 0 Å². The molecular formula is C5H7N3O4. The number of nitrogens with one attached hydrogen (secondary N) is 1. The minimum Gasteiger partial charge on any atom is -0.481 e.